The molecular weight excluding hydrogens is 256 g/mol. The van der Waals surface area contributed by atoms with Gasteiger partial charge in [0.2, 0.25) is 5.78 Å². The predicted molar refractivity (Wildman–Crippen MR) is 87.9 cm³/mol. The molecule has 98 valence electrons. The summed E-state index contributed by atoms with van der Waals surface area (Å²) in [6.07, 6.45) is 0. The van der Waals surface area contributed by atoms with Crippen molar-refractivity contribution in [3.8, 4) is 11.8 Å². The highest BCUT2D eigenvalue weighted by molar-refractivity contribution is 6.28. The molecule has 0 saturated carbocycles. The van der Waals surface area contributed by atoms with Gasteiger partial charge in [-0.25, -0.2) is 0 Å². The lowest BCUT2D eigenvalue weighted by atomic mass is 9.91. The first-order chi connectivity index (χ1) is 10.3. The van der Waals surface area contributed by atoms with Gasteiger partial charge in [-0.05, 0) is 51.2 Å². The zero-order chi connectivity index (χ0) is 14.4. The smallest absolute Gasteiger partial charge is 0.236 e. The molecule has 0 aromatic heterocycles. The van der Waals surface area contributed by atoms with Crippen molar-refractivity contribution in [3.63, 3.8) is 0 Å². The molecule has 0 bridgehead atoms. The fraction of sp³-hybridized carbons (Fsp3) is 0.0500. The maximum Gasteiger partial charge on any atom is 0.236 e. The Morgan fingerprint density at radius 2 is 1.43 bits per heavy atom. The zero-order valence-corrected chi connectivity index (χ0v) is 11.6. The van der Waals surface area contributed by atoms with E-state index in [1.54, 1.807) is 6.92 Å². The van der Waals surface area contributed by atoms with Gasteiger partial charge in [-0.2, -0.15) is 0 Å². The van der Waals surface area contributed by atoms with Crippen molar-refractivity contribution in [1.29, 1.82) is 0 Å². The summed E-state index contributed by atoms with van der Waals surface area (Å²) in [7, 11) is 0. The maximum absolute atomic E-state index is 12.2. The number of hydrogen-bond acceptors (Lipinski definition) is 1. The van der Waals surface area contributed by atoms with E-state index in [9.17, 15) is 4.79 Å². The molecule has 0 aliphatic carbocycles. The third-order valence-corrected chi connectivity index (χ3v) is 4.01. The molecule has 0 unspecified atom stereocenters. The largest absolute Gasteiger partial charge is 0.279 e. The number of hydrogen-bond donors (Lipinski definition) is 0. The molecule has 1 heteroatoms. The average molecular weight is 268 g/mol. The molecule has 0 amide bonds. The van der Waals surface area contributed by atoms with Crippen LogP contribution in [-0.2, 0) is 0 Å². The summed E-state index contributed by atoms with van der Waals surface area (Å²) in [5.74, 6) is 5.23. The lowest BCUT2D eigenvalue weighted by molar-refractivity contribution is 0.105. The first-order valence-corrected chi connectivity index (χ1v) is 6.93. The van der Waals surface area contributed by atoms with Crippen LogP contribution in [0.4, 0.5) is 0 Å². The van der Waals surface area contributed by atoms with E-state index in [2.05, 4.69) is 48.2 Å². The molecule has 0 spiro atoms. The van der Waals surface area contributed by atoms with E-state index in [4.69, 9.17) is 0 Å². The van der Waals surface area contributed by atoms with Crippen molar-refractivity contribution in [2.24, 2.45) is 0 Å². The molecule has 4 rings (SSSR count). The Hall–Kier alpha value is -2.85. The summed E-state index contributed by atoms with van der Waals surface area (Å²) < 4.78 is 0. The zero-order valence-electron chi connectivity index (χ0n) is 11.6. The summed E-state index contributed by atoms with van der Waals surface area (Å²) in [6.45, 7) is 1.69. The normalized spacial score (nSPS) is 10.9. The topological polar surface area (TPSA) is 17.1 Å². The van der Waals surface area contributed by atoms with Crippen molar-refractivity contribution in [1.82, 2.24) is 0 Å². The van der Waals surface area contributed by atoms with Crippen molar-refractivity contribution in [2.45, 2.75) is 6.92 Å². The molecule has 0 saturated heterocycles. The highest BCUT2D eigenvalue weighted by Gasteiger charge is 2.13. The third-order valence-electron chi connectivity index (χ3n) is 4.01. The first kappa shape index (κ1) is 11.9. The second-order valence-corrected chi connectivity index (χ2v) is 5.17. The Morgan fingerprint density at radius 3 is 2.14 bits per heavy atom. The van der Waals surface area contributed by atoms with Crippen LogP contribution in [0.15, 0.2) is 54.6 Å². The summed E-state index contributed by atoms with van der Waals surface area (Å²) in [4.78, 5) is 12.2. The summed E-state index contributed by atoms with van der Waals surface area (Å²) in [5, 5.41) is 6.95. The van der Waals surface area contributed by atoms with Gasteiger partial charge in [0.05, 0.1) is 0 Å². The van der Waals surface area contributed by atoms with E-state index >= 15 is 0 Å². The van der Waals surface area contributed by atoms with Crippen LogP contribution in [0.1, 0.15) is 17.3 Å². The molecule has 1 nitrogen and oxygen atoms in total. The SMILES string of the molecule is CC#CC(=O)c1ccc2ccc3cccc4ccc1c2c34. The molecule has 0 radical (unpaired) electrons. The lowest BCUT2D eigenvalue weighted by Gasteiger charge is -2.12. The average Bonchev–Trinajstić information content (AvgIpc) is 2.52. The maximum atomic E-state index is 12.2. The Bertz CT molecular complexity index is 1050. The highest BCUT2D eigenvalue weighted by atomic mass is 16.1. The van der Waals surface area contributed by atoms with Crippen molar-refractivity contribution >= 4 is 38.1 Å². The second-order valence-electron chi connectivity index (χ2n) is 5.17. The highest BCUT2D eigenvalue weighted by Crippen LogP contribution is 2.35. The molecule has 0 aliphatic heterocycles. The van der Waals surface area contributed by atoms with Gasteiger partial charge in [0.15, 0.2) is 0 Å². The van der Waals surface area contributed by atoms with E-state index in [1.807, 2.05) is 18.2 Å². The van der Waals surface area contributed by atoms with Crippen LogP contribution in [0, 0.1) is 11.8 Å². The predicted octanol–water partition coefficient (Wildman–Crippen LogP) is 4.79. The monoisotopic (exact) mass is 268 g/mol. The number of carbonyl (C=O) groups excluding carboxylic acids is 1. The van der Waals surface area contributed by atoms with Crippen LogP contribution in [0.25, 0.3) is 32.3 Å². The van der Waals surface area contributed by atoms with Crippen molar-refractivity contribution in [3.05, 3.63) is 60.2 Å². The lowest BCUT2D eigenvalue weighted by Crippen LogP contribution is -1.97. The van der Waals surface area contributed by atoms with Crippen LogP contribution in [0.3, 0.4) is 0 Å². The Morgan fingerprint density at radius 1 is 0.810 bits per heavy atom. The number of rotatable bonds is 1. The molecule has 4 aromatic carbocycles. The molecule has 0 N–H and O–H groups in total. The van der Waals surface area contributed by atoms with Gasteiger partial charge < -0.3 is 0 Å². The fourth-order valence-corrected chi connectivity index (χ4v) is 3.11. The van der Waals surface area contributed by atoms with E-state index in [1.165, 1.54) is 16.2 Å². The summed E-state index contributed by atoms with van der Waals surface area (Å²) >= 11 is 0. The quantitative estimate of drug-likeness (QED) is 0.210. The van der Waals surface area contributed by atoms with E-state index in [0.29, 0.717) is 5.56 Å². The third kappa shape index (κ3) is 1.63. The molecule has 0 heterocycles. The molecule has 21 heavy (non-hydrogen) atoms. The van der Waals surface area contributed by atoms with E-state index in [0.717, 1.165) is 16.2 Å². The van der Waals surface area contributed by atoms with E-state index in [-0.39, 0.29) is 5.78 Å². The van der Waals surface area contributed by atoms with Crippen LogP contribution >= 0.6 is 0 Å². The molecule has 0 aliphatic rings. The summed E-state index contributed by atoms with van der Waals surface area (Å²) in [6, 6.07) is 18.6. The van der Waals surface area contributed by atoms with Gasteiger partial charge in [0.1, 0.15) is 0 Å². The standard InChI is InChI=1S/C20H12O/c1-2-4-18(21)16-11-9-15-8-7-13-5-3-6-14-10-12-17(16)20(15)19(13)14/h3,5-12H,1H3. The van der Waals surface area contributed by atoms with Crippen molar-refractivity contribution < 1.29 is 4.79 Å². The van der Waals surface area contributed by atoms with Crippen LogP contribution < -0.4 is 0 Å². The minimum absolute atomic E-state index is 0.115. The minimum atomic E-state index is -0.115. The van der Waals surface area contributed by atoms with E-state index < -0.39 is 0 Å². The Kier molecular flexibility index (Phi) is 2.46. The van der Waals surface area contributed by atoms with Crippen LogP contribution in [0.2, 0.25) is 0 Å². The molecule has 0 fully saturated rings. The van der Waals surface area contributed by atoms with Crippen LogP contribution in [0.5, 0.6) is 0 Å². The van der Waals surface area contributed by atoms with Gasteiger partial charge in [-0.15, -0.1) is 0 Å². The fourth-order valence-electron chi connectivity index (χ4n) is 3.11. The number of ketones is 1. The van der Waals surface area contributed by atoms with Gasteiger partial charge in [-0.1, -0.05) is 54.5 Å². The number of Topliss-reactive ketones (excluding diaryl/α,β-unsaturated/α-hetero) is 1. The summed E-state index contributed by atoms with van der Waals surface area (Å²) in [5.41, 5.74) is 0.690. The van der Waals surface area contributed by atoms with Gasteiger partial charge in [0.25, 0.3) is 0 Å². The first-order valence-electron chi connectivity index (χ1n) is 6.93. The number of carbonyl (C=O) groups is 1. The Balaban J connectivity index is 2.25. The van der Waals surface area contributed by atoms with Gasteiger partial charge >= 0.3 is 0 Å². The van der Waals surface area contributed by atoms with Crippen LogP contribution in [-0.4, -0.2) is 5.78 Å². The molecule has 0 atom stereocenters. The van der Waals surface area contributed by atoms with Crippen molar-refractivity contribution in [2.75, 3.05) is 0 Å². The second kappa shape index (κ2) is 4.33. The Labute approximate surface area is 122 Å². The molecule has 4 aromatic rings. The van der Waals surface area contributed by atoms with Gasteiger partial charge in [0, 0.05) is 5.56 Å². The van der Waals surface area contributed by atoms with Gasteiger partial charge in [-0.3, -0.25) is 4.79 Å². The molecular formula is C20H12O. The number of benzene rings is 4. The minimum Gasteiger partial charge on any atom is -0.279 e.